The maximum atomic E-state index is 9.81. The number of aromatic nitrogens is 3. The number of nitrogens with two attached hydrogens (primary N) is 1. The molecule has 7 heteroatoms. The molecule has 2 atom stereocenters. The van der Waals surface area contributed by atoms with Crippen LogP contribution in [-0.4, -0.2) is 38.3 Å². The number of aliphatic hydroxyl groups excluding tert-OH is 1. The molecule has 0 saturated heterocycles. The third kappa shape index (κ3) is 4.17. The Balaban J connectivity index is 2.18. The zero-order valence-corrected chi connectivity index (χ0v) is 13.0. The molecule has 118 valence electrons. The number of anilines is 2. The van der Waals surface area contributed by atoms with E-state index in [0.717, 1.165) is 19.3 Å². The van der Waals surface area contributed by atoms with Gasteiger partial charge in [-0.3, -0.25) is 0 Å². The van der Waals surface area contributed by atoms with Crippen molar-refractivity contribution >= 4 is 11.9 Å². The summed E-state index contributed by atoms with van der Waals surface area (Å²) in [6.45, 7) is 6.03. The Labute approximate surface area is 125 Å². The van der Waals surface area contributed by atoms with E-state index in [9.17, 15) is 5.11 Å². The number of hydrogen-bond acceptors (Lipinski definition) is 7. The van der Waals surface area contributed by atoms with E-state index in [4.69, 9.17) is 10.5 Å². The third-order valence-corrected chi connectivity index (χ3v) is 3.74. The van der Waals surface area contributed by atoms with E-state index in [2.05, 4.69) is 27.2 Å². The number of rotatable bonds is 5. The lowest BCUT2D eigenvalue weighted by Crippen LogP contribution is -2.46. The summed E-state index contributed by atoms with van der Waals surface area (Å²) in [5, 5.41) is 13.1. The lowest BCUT2D eigenvalue weighted by molar-refractivity contribution is 0.148. The monoisotopic (exact) mass is 295 g/mol. The van der Waals surface area contributed by atoms with Crippen LogP contribution in [0.1, 0.15) is 46.5 Å². The van der Waals surface area contributed by atoms with E-state index in [-0.39, 0.29) is 30.2 Å². The summed E-state index contributed by atoms with van der Waals surface area (Å²) in [6, 6.07) is 0.206. The minimum Gasteiger partial charge on any atom is -0.461 e. The van der Waals surface area contributed by atoms with Crippen molar-refractivity contribution < 1.29 is 9.84 Å². The molecular weight excluding hydrogens is 270 g/mol. The van der Waals surface area contributed by atoms with Gasteiger partial charge in [0.15, 0.2) is 0 Å². The van der Waals surface area contributed by atoms with Crippen molar-refractivity contribution in [2.45, 2.75) is 58.1 Å². The Morgan fingerprint density at radius 3 is 2.81 bits per heavy atom. The second kappa shape index (κ2) is 6.43. The zero-order valence-electron chi connectivity index (χ0n) is 13.0. The second-order valence-electron chi connectivity index (χ2n) is 6.23. The fourth-order valence-corrected chi connectivity index (χ4v) is 2.89. The van der Waals surface area contributed by atoms with Gasteiger partial charge in [-0.05, 0) is 32.6 Å². The van der Waals surface area contributed by atoms with Crippen LogP contribution in [0.25, 0.3) is 0 Å². The van der Waals surface area contributed by atoms with E-state index in [0.29, 0.717) is 11.9 Å². The summed E-state index contributed by atoms with van der Waals surface area (Å²) < 4.78 is 5.47. The smallest absolute Gasteiger partial charge is 0.323 e. The van der Waals surface area contributed by atoms with Crippen molar-refractivity contribution in [3.8, 4) is 6.01 Å². The van der Waals surface area contributed by atoms with Gasteiger partial charge in [0.1, 0.15) is 0 Å². The van der Waals surface area contributed by atoms with Gasteiger partial charge in [-0.15, -0.1) is 0 Å². The molecule has 1 aromatic heterocycles. The number of nitrogens with one attached hydrogen (secondary N) is 1. The van der Waals surface area contributed by atoms with Gasteiger partial charge in [0.2, 0.25) is 11.9 Å². The first-order valence-corrected chi connectivity index (χ1v) is 7.50. The van der Waals surface area contributed by atoms with Gasteiger partial charge in [0, 0.05) is 0 Å². The first kappa shape index (κ1) is 15.8. The van der Waals surface area contributed by atoms with Crippen molar-refractivity contribution in [3.05, 3.63) is 0 Å². The zero-order chi connectivity index (χ0) is 15.5. The van der Waals surface area contributed by atoms with Crippen molar-refractivity contribution in [1.29, 1.82) is 0 Å². The van der Waals surface area contributed by atoms with Crippen LogP contribution in [0.3, 0.4) is 0 Å². The molecule has 0 bridgehead atoms. The lowest BCUT2D eigenvalue weighted by Gasteiger charge is -2.39. The molecule has 0 aliphatic heterocycles. The molecular formula is C14H25N5O2. The Bertz CT molecular complexity index is 482. The van der Waals surface area contributed by atoms with Crippen LogP contribution >= 0.6 is 0 Å². The SMILES string of the molecule is CC1CCCC(CO)(Nc2nc(N)nc(OC(C)C)n2)C1. The maximum Gasteiger partial charge on any atom is 0.323 e. The largest absolute Gasteiger partial charge is 0.461 e. The van der Waals surface area contributed by atoms with E-state index < -0.39 is 0 Å². The molecule has 1 aliphatic carbocycles. The molecule has 1 heterocycles. The Kier molecular flexibility index (Phi) is 4.82. The topological polar surface area (TPSA) is 106 Å². The van der Waals surface area contributed by atoms with Gasteiger partial charge in [-0.25, -0.2) is 0 Å². The molecule has 0 spiro atoms. The normalized spacial score (nSPS) is 25.9. The molecule has 2 unspecified atom stereocenters. The second-order valence-corrected chi connectivity index (χ2v) is 6.23. The highest BCUT2D eigenvalue weighted by atomic mass is 16.5. The summed E-state index contributed by atoms with van der Waals surface area (Å²) >= 11 is 0. The van der Waals surface area contributed by atoms with Crippen LogP contribution in [0, 0.1) is 5.92 Å². The number of hydrogen-bond donors (Lipinski definition) is 3. The molecule has 0 radical (unpaired) electrons. The van der Waals surface area contributed by atoms with E-state index >= 15 is 0 Å². The highest BCUT2D eigenvalue weighted by Gasteiger charge is 2.35. The van der Waals surface area contributed by atoms with Crippen LogP contribution < -0.4 is 15.8 Å². The Morgan fingerprint density at radius 1 is 1.43 bits per heavy atom. The summed E-state index contributed by atoms with van der Waals surface area (Å²) in [6.07, 6.45) is 3.99. The van der Waals surface area contributed by atoms with Crippen LogP contribution in [0.15, 0.2) is 0 Å². The summed E-state index contributed by atoms with van der Waals surface area (Å²) in [7, 11) is 0. The number of nitrogen functional groups attached to an aromatic ring is 1. The minimum atomic E-state index is -0.388. The van der Waals surface area contributed by atoms with Crippen LogP contribution in [-0.2, 0) is 0 Å². The minimum absolute atomic E-state index is 0.0406. The van der Waals surface area contributed by atoms with Gasteiger partial charge in [-0.1, -0.05) is 19.8 Å². The molecule has 2 rings (SSSR count). The molecule has 1 aromatic rings. The predicted octanol–water partition coefficient (Wildman–Crippen LogP) is 1.59. The number of aliphatic hydroxyl groups is 1. The maximum absolute atomic E-state index is 9.81. The summed E-state index contributed by atoms with van der Waals surface area (Å²) in [5.41, 5.74) is 5.32. The molecule has 0 aromatic carbocycles. The summed E-state index contributed by atoms with van der Waals surface area (Å²) in [5.74, 6) is 1.03. The molecule has 0 amide bonds. The van der Waals surface area contributed by atoms with Crippen molar-refractivity contribution in [3.63, 3.8) is 0 Å². The molecule has 21 heavy (non-hydrogen) atoms. The van der Waals surface area contributed by atoms with Gasteiger partial charge < -0.3 is 20.9 Å². The quantitative estimate of drug-likeness (QED) is 0.757. The molecule has 7 nitrogen and oxygen atoms in total. The molecule has 1 fully saturated rings. The molecule has 1 saturated carbocycles. The van der Waals surface area contributed by atoms with E-state index in [1.165, 1.54) is 6.42 Å². The van der Waals surface area contributed by atoms with Crippen LogP contribution in [0.2, 0.25) is 0 Å². The van der Waals surface area contributed by atoms with Gasteiger partial charge >= 0.3 is 6.01 Å². The average molecular weight is 295 g/mol. The van der Waals surface area contributed by atoms with Crippen LogP contribution in [0.5, 0.6) is 6.01 Å². The fraction of sp³-hybridized carbons (Fsp3) is 0.786. The van der Waals surface area contributed by atoms with E-state index in [1.807, 2.05) is 13.8 Å². The number of ether oxygens (including phenoxy) is 1. The first-order valence-electron chi connectivity index (χ1n) is 7.50. The highest BCUT2D eigenvalue weighted by Crippen LogP contribution is 2.34. The Hall–Kier alpha value is -1.63. The van der Waals surface area contributed by atoms with Crippen molar-refractivity contribution in [2.24, 2.45) is 5.92 Å². The highest BCUT2D eigenvalue weighted by molar-refractivity contribution is 5.36. The van der Waals surface area contributed by atoms with Crippen molar-refractivity contribution in [2.75, 3.05) is 17.7 Å². The average Bonchev–Trinajstić information content (AvgIpc) is 2.37. The first-order chi connectivity index (χ1) is 9.92. The lowest BCUT2D eigenvalue weighted by atomic mass is 9.77. The number of nitrogens with zero attached hydrogens (tertiary/aromatic N) is 3. The fourth-order valence-electron chi connectivity index (χ4n) is 2.89. The molecule has 1 aliphatic rings. The van der Waals surface area contributed by atoms with Gasteiger partial charge in [-0.2, -0.15) is 15.0 Å². The Morgan fingerprint density at radius 2 is 2.19 bits per heavy atom. The third-order valence-electron chi connectivity index (χ3n) is 3.74. The van der Waals surface area contributed by atoms with Gasteiger partial charge in [0.25, 0.3) is 0 Å². The van der Waals surface area contributed by atoms with Crippen LogP contribution in [0.4, 0.5) is 11.9 Å². The summed E-state index contributed by atoms with van der Waals surface area (Å²) in [4.78, 5) is 12.3. The predicted molar refractivity (Wildman–Crippen MR) is 81.1 cm³/mol. The van der Waals surface area contributed by atoms with Crippen molar-refractivity contribution in [1.82, 2.24) is 15.0 Å². The van der Waals surface area contributed by atoms with Gasteiger partial charge in [0.05, 0.1) is 18.2 Å². The standard InChI is InChI=1S/C14H25N5O2/c1-9(2)21-13-17-11(15)16-12(18-13)19-14(8-20)6-4-5-10(3)7-14/h9-10,20H,4-8H2,1-3H3,(H3,15,16,17,18,19). The van der Waals surface area contributed by atoms with E-state index in [1.54, 1.807) is 0 Å². The molecule has 4 N–H and O–H groups in total.